The second kappa shape index (κ2) is 5.48. The zero-order valence-corrected chi connectivity index (χ0v) is 12.5. The summed E-state index contributed by atoms with van der Waals surface area (Å²) in [5.41, 5.74) is 5.34. The van der Waals surface area contributed by atoms with Gasteiger partial charge in [-0.3, -0.25) is 10.1 Å². The Labute approximate surface area is 129 Å². The Morgan fingerprint density at radius 1 is 1.00 bits per heavy atom. The van der Waals surface area contributed by atoms with E-state index in [4.69, 9.17) is 0 Å². The van der Waals surface area contributed by atoms with Crippen LogP contribution in [0.5, 0.6) is 0 Å². The lowest BCUT2D eigenvalue weighted by Gasteiger charge is -2.03. The largest absolute Gasteiger partial charge is 0.383 e. The molecule has 0 heterocycles. The summed E-state index contributed by atoms with van der Waals surface area (Å²) in [5, 5.41) is 11.0. The molecule has 0 aromatic heterocycles. The van der Waals surface area contributed by atoms with Gasteiger partial charge in [0.15, 0.2) is 0 Å². The van der Waals surface area contributed by atoms with Crippen LogP contribution >= 0.6 is 0 Å². The highest BCUT2D eigenvalue weighted by atomic mass is 16.6. The smallest absolute Gasteiger partial charge is 0.270 e. The van der Waals surface area contributed by atoms with E-state index in [1.807, 2.05) is 55.5 Å². The van der Waals surface area contributed by atoms with Gasteiger partial charge in [0.25, 0.3) is 5.69 Å². The van der Waals surface area contributed by atoms with Crippen LogP contribution in [-0.2, 0) is 0 Å². The molecule has 2 aromatic rings. The molecule has 1 aliphatic carbocycles. The molecule has 0 saturated carbocycles. The normalized spacial score (nSPS) is 14.2. The summed E-state index contributed by atoms with van der Waals surface area (Å²) in [6, 6.07) is 13.1. The van der Waals surface area contributed by atoms with Crippen LogP contribution in [0.15, 0.2) is 60.8 Å². The maximum absolute atomic E-state index is 11.0. The molecule has 0 fully saturated rings. The molecule has 22 heavy (non-hydrogen) atoms. The van der Waals surface area contributed by atoms with Crippen LogP contribution in [-0.4, -0.2) is 23.9 Å². The van der Waals surface area contributed by atoms with E-state index in [0.717, 1.165) is 27.8 Å². The number of allylic oxidation sites excluding steroid dienone is 2. The van der Waals surface area contributed by atoms with Crippen LogP contribution in [0.3, 0.4) is 0 Å². The zero-order chi connectivity index (χ0) is 15.7. The predicted octanol–water partition coefficient (Wildman–Crippen LogP) is 4.08. The summed E-state index contributed by atoms with van der Waals surface area (Å²) in [6.45, 7) is 0. The molecule has 4 heteroatoms. The molecule has 0 spiro atoms. The quantitative estimate of drug-likeness (QED) is 0.539. The highest BCUT2D eigenvalue weighted by Gasteiger charge is 2.24. The van der Waals surface area contributed by atoms with Crippen molar-refractivity contribution in [3.05, 3.63) is 82.1 Å². The van der Waals surface area contributed by atoms with E-state index in [1.54, 1.807) is 12.1 Å². The Morgan fingerprint density at radius 2 is 1.68 bits per heavy atom. The molecule has 0 saturated heterocycles. The van der Waals surface area contributed by atoms with Gasteiger partial charge in [-0.25, -0.2) is 0 Å². The van der Waals surface area contributed by atoms with Crippen molar-refractivity contribution in [3.8, 4) is 11.1 Å². The number of nitro benzene ring substituents is 1. The Bertz CT molecular complexity index is 804. The maximum atomic E-state index is 11.0. The van der Waals surface area contributed by atoms with Crippen molar-refractivity contribution >= 4 is 11.3 Å². The Hall–Kier alpha value is -2.88. The average Bonchev–Trinajstić information content (AvgIpc) is 2.81. The second-order valence-electron chi connectivity index (χ2n) is 5.42. The topological polar surface area (TPSA) is 46.4 Å². The minimum atomic E-state index is -0.351. The fourth-order valence-electron chi connectivity index (χ4n) is 2.69. The molecule has 0 aliphatic heterocycles. The first-order chi connectivity index (χ1) is 10.6. The average molecular weight is 292 g/mol. The molecule has 0 N–H and O–H groups in total. The van der Waals surface area contributed by atoms with Crippen molar-refractivity contribution in [2.75, 3.05) is 14.1 Å². The standard InChI is InChI=1S/C18H16N2O2/c1-19(2)11-5-8-16-14-6-3-4-7-15(14)17-10-9-13(20(21)22)12-18(16)17/h3-12H,1-2H3. The molecule has 0 amide bonds. The molecule has 3 rings (SSSR count). The van der Waals surface area contributed by atoms with E-state index in [1.165, 1.54) is 0 Å². The minimum absolute atomic E-state index is 0.119. The lowest BCUT2D eigenvalue weighted by atomic mass is 10.0. The number of hydrogen-bond donors (Lipinski definition) is 0. The number of benzene rings is 2. The van der Waals surface area contributed by atoms with Gasteiger partial charge in [0.2, 0.25) is 0 Å². The summed E-state index contributed by atoms with van der Waals surface area (Å²) in [6.07, 6.45) is 5.92. The van der Waals surface area contributed by atoms with Gasteiger partial charge >= 0.3 is 0 Å². The molecular formula is C18H16N2O2. The fourth-order valence-corrected chi connectivity index (χ4v) is 2.69. The summed E-state index contributed by atoms with van der Waals surface area (Å²) in [5.74, 6) is 0. The Kier molecular flexibility index (Phi) is 3.51. The summed E-state index contributed by atoms with van der Waals surface area (Å²) in [4.78, 5) is 12.6. The summed E-state index contributed by atoms with van der Waals surface area (Å²) in [7, 11) is 3.91. The number of hydrogen-bond acceptors (Lipinski definition) is 3. The lowest BCUT2D eigenvalue weighted by molar-refractivity contribution is -0.384. The third-order valence-corrected chi connectivity index (χ3v) is 3.66. The van der Waals surface area contributed by atoms with Crippen LogP contribution in [0, 0.1) is 10.1 Å². The number of nitro groups is 1. The predicted molar refractivity (Wildman–Crippen MR) is 88.4 cm³/mol. The van der Waals surface area contributed by atoms with Crippen molar-refractivity contribution in [2.24, 2.45) is 0 Å². The summed E-state index contributed by atoms with van der Waals surface area (Å²) >= 11 is 0. The van der Waals surface area contributed by atoms with Crippen LogP contribution < -0.4 is 0 Å². The molecule has 1 aliphatic rings. The third kappa shape index (κ3) is 2.39. The number of nitrogens with zero attached hydrogens (tertiary/aromatic N) is 2. The molecule has 4 nitrogen and oxygen atoms in total. The van der Waals surface area contributed by atoms with Crippen LogP contribution in [0.4, 0.5) is 5.69 Å². The Balaban J connectivity index is 2.18. The first-order valence-corrected chi connectivity index (χ1v) is 7.01. The third-order valence-electron chi connectivity index (χ3n) is 3.66. The SMILES string of the molecule is CN(C)C=CC=C1c2ccccc2-c2ccc([N+](=O)[O-])cc21. The van der Waals surface area contributed by atoms with Gasteiger partial charge in [0.05, 0.1) is 4.92 Å². The maximum Gasteiger partial charge on any atom is 0.270 e. The van der Waals surface area contributed by atoms with Crippen molar-refractivity contribution < 1.29 is 4.92 Å². The number of rotatable bonds is 3. The molecule has 0 atom stereocenters. The highest BCUT2D eigenvalue weighted by Crippen LogP contribution is 2.45. The van der Waals surface area contributed by atoms with Gasteiger partial charge in [-0.2, -0.15) is 0 Å². The van der Waals surface area contributed by atoms with E-state index < -0.39 is 0 Å². The number of non-ortho nitro benzene ring substituents is 1. The van der Waals surface area contributed by atoms with E-state index in [0.29, 0.717) is 0 Å². The van der Waals surface area contributed by atoms with E-state index >= 15 is 0 Å². The van der Waals surface area contributed by atoms with Gasteiger partial charge in [-0.15, -0.1) is 0 Å². The van der Waals surface area contributed by atoms with Gasteiger partial charge in [-0.1, -0.05) is 30.3 Å². The first kappa shape index (κ1) is 14.1. The highest BCUT2D eigenvalue weighted by molar-refractivity contribution is 6.02. The van der Waals surface area contributed by atoms with Gasteiger partial charge in [0, 0.05) is 26.2 Å². The Morgan fingerprint density at radius 3 is 2.36 bits per heavy atom. The van der Waals surface area contributed by atoms with Crippen molar-refractivity contribution in [1.82, 2.24) is 4.90 Å². The van der Waals surface area contributed by atoms with Crippen molar-refractivity contribution in [2.45, 2.75) is 0 Å². The fraction of sp³-hybridized carbons (Fsp3) is 0.111. The molecular weight excluding hydrogens is 276 g/mol. The summed E-state index contributed by atoms with van der Waals surface area (Å²) < 4.78 is 0. The van der Waals surface area contributed by atoms with Crippen LogP contribution in [0.25, 0.3) is 16.7 Å². The number of fused-ring (bicyclic) bond motifs is 3. The van der Waals surface area contributed by atoms with Crippen molar-refractivity contribution in [1.29, 1.82) is 0 Å². The first-order valence-electron chi connectivity index (χ1n) is 7.01. The van der Waals surface area contributed by atoms with E-state index in [2.05, 4.69) is 12.1 Å². The van der Waals surface area contributed by atoms with Gasteiger partial charge in [-0.05, 0) is 46.2 Å². The molecule has 2 aromatic carbocycles. The van der Waals surface area contributed by atoms with Gasteiger partial charge < -0.3 is 4.90 Å². The van der Waals surface area contributed by atoms with E-state index in [9.17, 15) is 10.1 Å². The molecule has 0 unspecified atom stereocenters. The minimum Gasteiger partial charge on any atom is -0.383 e. The molecule has 0 radical (unpaired) electrons. The van der Waals surface area contributed by atoms with Crippen LogP contribution in [0.2, 0.25) is 0 Å². The second-order valence-corrected chi connectivity index (χ2v) is 5.42. The zero-order valence-electron chi connectivity index (χ0n) is 12.5. The van der Waals surface area contributed by atoms with E-state index in [-0.39, 0.29) is 10.6 Å². The lowest BCUT2D eigenvalue weighted by Crippen LogP contribution is -1.99. The molecule has 0 bridgehead atoms. The van der Waals surface area contributed by atoms with Gasteiger partial charge in [0.1, 0.15) is 0 Å². The monoisotopic (exact) mass is 292 g/mol. The van der Waals surface area contributed by atoms with Crippen LogP contribution in [0.1, 0.15) is 11.1 Å². The molecule has 110 valence electrons. The van der Waals surface area contributed by atoms with Crippen molar-refractivity contribution in [3.63, 3.8) is 0 Å².